The second kappa shape index (κ2) is 9.21. The Morgan fingerprint density at radius 2 is 2.10 bits per heavy atom. The molecule has 0 aromatic heterocycles. The standard InChI is InChI=1S/C20H26FN3O5/c1-13(26)22-10-16-11-24(20(28)29-16)15-4-5-17(18(21)9-15)14-3-2-7-23(8-6-14)19(27)12-25/h4-5,9,14,16,25H,2-3,6-8,10-12H2,1H3,(H,22,26)/t14?,16-/m0/s1. The quantitative estimate of drug-likeness (QED) is 0.768. The molecule has 0 aliphatic carbocycles. The van der Waals surface area contributed by atoms with E-state index in [0.29, 0.717) is 30.8 Å². The molecule has 1 aromatic rings. The van der Waals surface area contributed by atoms with Crippen molar-refractivity contribution in [1.82, 2.24) is 10.2 Å². The number of hydrogen-bond acceptors (Lipinski definition) is 5. The van der Waals surface area contributed by atoms with Crippen molar-refractivity contribution >= 4 is 23.6 Å². The monoisotopic (exact) mass is 407 g/mol. The van der Waals surface area contributed by atoms with Gasteiger partial charge in [-0.3, -0.25) is 14.5 Å². The van der Waals surface area contributed by atoms with Crippen LogP contribution in [0.15, 0.2) is 18.2 Å². The Labute approximate surface area is 168 Å². The number of ether oxygens (including phenoxy) is 1. The van der Waals surface area contributed by atoms with Crippen LogP contribution in [0.25, 0.3) is 0 Å². The Kier molecular flexibility index (Phi) is 6.68. The molecule has 29 heavy (non-hydrogen) atoms. The highest BCUT2D eigenvalue weighted by Gasteiger charge is 2.33. The predicted molar refractivity (Wildman–Crippen MR) is 103 cm³/mol. The SMILES string of the molecule is CC(=O)NC[C@H]1CN(c2ccc(C3CCCN(C(=O)CO)CC3)c(F)c2)C(=O)O1. The molecule has 0 saturated carbocycles. The third-order valence-corrected chi connectivity index (χ3v) is 5.40. The number of aliphatic hydroxyl groups excluding tert-OH is 1. The lowest BCUT2D eigenvalue weighted by Crippen LogP contribution is -2.34. The topological polar surface area (TPSA) is 99.2 Å². The smallest absolute Gasteiger partial charge is 0.414 e. The first kappa shape index (κ1) is 21.0. The largest absolute Gasteiger partial charge is 0.442 e. The number of carbonyl (C=O) groups excluding carboxylic acids is 3. The van der Waals surface area contributed by atoms with Gasteiger partial charge in [0.15, 0.2) is 0 Å². The van der Waals surface area contributed by atoms with Gasteiger partial charge >= 0.3 is 6.09 Å². The average molecular weight is 407 g/mol. The first-order valence-electron chi connectivity index (χ1n) is 9.79. The van der Waals surface area contributed by atoms with Gasteiger partial charge in [0.05, 0.1) is 18.8 Å². The molecule has 158 valence electrons. The number of likely N-dealkylation sites (tertiary alicyclic amines) is 1. The lowest BCUT2D eigenvalue weighted by atomic mass is 9.91. The van der Waals surface area contributed by atoms with E-state index < -0.39 is 24.6 Å². The summed E-state index contributed by atoms with van der Waals surface area (Å²) in [4.78, 5) is 37.8. The maximum Gasteiger partial charge on any atom is 0.414 e. The van der Waals surface area contributed by atoms with E-state index >= 15 is 0 Å². The number of nitrogens with zero attached hydrogens (tertiary/aromatic N) is 2. The molecule has 2 aliphatic heterocycles. The summed E-state index contributed by atoms with van der Waals surface area (Å²) in [7, 11) is 0. The van der Waals surface area contributed by atoms with E-state index in [9.17, 15) is 18.8 Å². The number of carbonyl (C=O) groups is 3. The number of aliphatic hydroxyl groups is 1. The third-order valence-electron chi connectivity index (χ3n) is 5.40. The Bertz CT molecular complexity index is 787. The van der Waals surface area contributed by atoms with Crippen molar-refractivity contribution < 1.29 is 28.6 Å². The minimum Gasteiger partial charge on any atom is -0.442 e. The van der Waals surface area contributed by atoms with Gasteiger partial charge in [-0.25, -0.2) is 9.18 Å². The summed E-state index contributed by atoms with van der Waals surface area (Å²) in [5, 5.41) is 11.6. The molecule has 1 aromatic carbocycles. The Balaban J connectivity index is 1.66. The molecule has 0 radical (unpaired) electrons. The number of rotatable bonds is 5. The van der Waals surface area contributed by atoms with Crippen LogP contribution in [0.3, 0.4) is 0 Å². The molecule has 3 rings (SSSR count). The second-order valence-electron chi connectivity index (χ2n) is 7.43. The van der Waals surface area contributed by atoms with E-state index in [1.54, 1.807) is 17.0 Å². The first-order chi connectivity index (χ1) is 13.9. The molecule has 2 fully saturated rings. The molecule has 2 N–H and O–H groups in total. The van der Waals surface area contributed by atoms with Crippen LogP contribution in [-0.4, -0.2) is 66.8 Å². The van der Waals surface area contributed by atoms with Crippen molar-refractivity contribution in [2.75, 3.05) is 37.7 Å². The van der Waals surface area contributed by atoms with Crippen molar-refractivity contribution in [1.29, 1.82) is 0 Å². The van der Waals surface area contributed by atoms with Crippen LogP contribution >= 0.6 is 0 Å². The molecule has 0 spiro atoms. The van der Waals surface area contributed by atoms with Gasteiger partial charge in [0.2, 0.25) is 11.8 Å². The zero-order valence-electron chi connectivity index (χ0n) is 16.4. The zero-order chi connectivity index (χ0) is 21.0. The number of cyclic esters (lactones) is 1. The summed E-state index contributed by atoms with van der Waals surface area (Å²) >= 11 is 0. The van der Waals surface area contributed by atoms with Crippen LogP contribution in [0.2, 0.25) is 0 Å². The zero-order valence-corrected chi connectivity index (χ0v) is 16.4. The van der Waals surface area contributed by atoms with Crippen LogP contribution < -0.4 is 10.2 Å². The van der Waals surface area contributed by atoms with E-state index in [1.807, 2.05) is 0 Å². The van der Waals surface area contributed by atoms with Crippen LogP contribution in [0.4, 0.5) is 14.9 Å². The fourth-order valence-corrected chi connectivity index (χ4v) is 3.87. The van der Waals surface area contributed by atoms with Gasteiger partial charge < -0.3 is 20.1 Å². The Hall–Kier alpha value is -2.68. The minimum absolute atomic E-state index is 0.0291. The summed E-state index contributed by atoms with van der Waals surface area (Å²) < 4.78 is 20.1. The van der Waals surface area contributed by atoms with Gasteiger partial charge in [-0.15, -0.1) is 0 Å². The van der Waals surface area contributed by atoms with Gasteiger partial charge in [-0.2, -0.15) is 0 Å². The minimum atomic E-state index is -0.569. The lowest BCUT2D eigenvalue weighted by molar-refractivity contribution is -0.134. The maximum absolute atomic E-state index is 14.9. The fourth-order valence-electron chi connectivity index (χ4n) is 3.87. The van der Waals surface area contributed by atoms with Gasteiger partial charge in [-0.1, -0.05) is 6.07 Å². The number of amides is 3. The van der Waals surface area contributed by atoms with Gasteiger partial charge in [0.1, 0.15) is 18.5 Å². The summed E-state index contributed by atoms with van der Waals surface area (Å²) in [5.74, 6) is -0.938. The molecular formula is C20H26FN3O5. The van der Waals surface area contributed by atoms with Crippen molar-refractivity contribution in [3.8, 4) is 0 Å². The Morgan fingerprint density at radius 1 is 1.31 bits per heavy atom. The van der Waals surface area contributed by atoms with Crippen LogP contribution in [0, 0.1) is 5.82 Å². The number of hydrogen-bond donors (Lipinski definition) is 2. The second-order valence-corrected chi connectivity index (χ2v) is 7.43. The van der Waals surface area contributed by atoms with Crippen LogP contribution in [0.1, 0.15) is 37.7 Å². The lowest BCUT2D eigenvalue weighted by Gasteiger charge is -2.20. The molecule has 2 heterocycles. The van der Waals surface area contributed by atoms with E-state index in [4.69, 9.17) is 9.84 Å². The molecule has 0 bridgehead atoms. The number of benzene rings is 1. The normalized spacial score (nSPS) is 22.2. The van der Waals surface area contributed by atoms with Gasteiger partial charge in [0, 0.05) is 20.0 Å². The van der Waals surface area contributed by atoms with Crippen LogP contribution in [-0.2, 0) is 14.3 Å². The number of nitrogens with one attached hydrogen (secondary N) is 1. The molecule has 2 saturated heterocycles. The van der Waals surface area contributed by atoms with E-state index in [0.717, 1.165) is 12.8 Å². The summed E-state index contributed by atoms with van der Waals surface area (Å²) in [6.07, 6.45) is 1.05. The first-order valence-corrected chi connectivity index (χ1v) is 9.79. The van der Waals surface area contributed by atoms with Crippen LogP contribution in [0.5, 0.6) is 0 Å². The molecule has 1 unspecified atom stereocenters. The van der Waals surface area contributed by atoms with Crippen molar-refractivity contribution in [3.05, 3.63) is 29.6 Å². The highest BCUT2D eigenvalue weighted by molar-refractivity contribution is 5.89. The van der Waals surface area contributed by atoms with Crippen molar-refractivity contribution in [2.24, 2.45) is 0 Å². The van der Waals surface area contributed by atoms with Gasteiger partial charge in [-0.05, 0) is 42.9 Å². The predicted octanol–water partition coefficient (Wildman–Crippen LogP) is 1.38. The summed E-state index contributed by atoms with van der Waals surface area (Å²) in [6.45, 7) is 2.36. The van der Waals surface area contributed by atoms with E-state index in [1.165, 1.54) is 17.9 Å². The van der Waals surface area contributed by atoms with E-state index in [-0.39, 0.29) is 30.8 Å². The highest BCUT2D eigenvalue weighted by Crippen LogP contribution is 2.32. The summed E-state index contributed by atoms with van der Waals surface area (Å²) in [6, 6.07) is 4.72. The third kappa shape index (κ3) is 5.03. The molecule has 3 amide bonds. The number of halogens is 1. The summed E-state index contributed by atoms with van der Waals surface area (Å²) in [5.41, 5.74) is 0.974. The van der Waals surface area contributed by atoms with Crippen molar-refractivity contribution in [3.63, 3.8) is 0 Å². The molecule has 2 atom stereocenters. The highest BCUT2D eigenvalue weighted by atomic mass is 19.1. The molecule has 9 heteroatoms. The van der Waals surface area contributed by atoms with E-state index in [2.05, 4.69) is 5.32 Å². The number of anilines is 1. The maximum atomic E-state index is 14.9. The van der Waals surface area contributed by atoms with Gasteiger partial charge in [0.25, 0.3) is 0 Å². The molecule has 2 aliphatic rings. The van der Waals surface area contributed by atoms with Crippen molar-refractivity contribution in [2.45, 2.75) is 38.2 Å². The average Bonchev–Trinajstić information content (AvgIpc) is 2.90. The molecular weight excluding hydrogens is 381 g/mol. The molecule has 8 nitrogen and oxygen atoms in total. The fraction of sp³-hybridized carbons (Fsp3) is 0.550. The Morgan fingerprint density at radius 3 is 2.79 bits per heavy atom.